The number of nitrogens with one attached hydrogen (secondary N) is 1. The number of nitrogens with zero attached hydrogens (tertiary/aromatic N) is 1. The number of hydrogen-bond acceptors (Lipinski definition) is 3. The van der Waals surface area contributed by atoms with Crippen molar-refractivity contribution in [2.24, 2.45) is 0 Å². The summed E-state index contributed by atoms with van der Waals surface area (Å²) in [4.78, 5) is 11.7. The van der Waals surface area contributed by atoms with Crippen LogP contribution >= 0.6 is 0 Å². The molecule has 0 aliphatic rings. The number of methoxy groups -OCH3 is 1. The molecule has 16 heavy (non-hydrogen) atoms. The fourth-order valence-corrected chi connectivity index (χ4v) is 1.53. The largest absolute Gasteiger partial charge is 0.494 e. The van der Waals surface area contributed by atoms with Crippen molar-refractivity contribution >= 4 is 0 Å². The second kappa shape index (κ2) is 4.18. The third kappa shape index (κ3) is 1.82. The molecule has 1 N–H and O–H groups in total. The van der Waals surface area contributed by atoms with Gasteiger partial charge in [0, 0.05) is 0 Å². The molecule has 0 saturated heterocycles. The highest BCUT2D eigenvalue weighted by atomic mass is 16.5. The molecular weight excluding hydrogens is 204 g/mol. The van der Waals surface area contributed by atoms with Crippen LogP contribution in [0.5, 0.6) is 5.75 Å². The lowest BCUT2D eigenvalue weighted by molar-refractivity contribution is 0.412. The molecule has 2 aromatic rings. The molecule has 0 atom stereocenters. The van der Waals surface area contributed by atoms with E-state index in [2.05, 4.69) is 10.2 Å². The number of hydrogen-bond donors (Lipinski definition) is 1. The first-order chi connectivity index (χ1) is 7.72. The Morgan fingerprint density at radius 3 is 2.56 bits per heavy atom. The van der Waals surface area contributed by atoms with E-state index in [0.717, 1.165) is 11.1 Å². The van der Waals surface area contributed by atoms with Crippen molar-refractivity contribution in [1.82, 2.24) is 10.2 Å². The van der Waals surface area contributed by atoms with Crippen molar-refractivity contribution in [3.8, 4) is 16.9 Å². The number of H-pyrrole nitrogens is 1. The summed E-state index contributed by atoms with van der Waals surface area (Å²) in [5.74, 6) is 0.479. The monoisotopic (exact) mass is 216 g/mol. The van der Waals surface area contributed by atoms with Crippen molar-refractivity contribution in [2.75, 3.05) is 7.11 Å². The zero-order valence-corrected chi connectivity index (χ0v) is 9.15. The molecule has 0 aliphatic carbocycles. The van der Waals surface area contributed by atoms with Crippen LogP contribution in [0.1, 0.15) is 5.56 Å². The van der Waals surface area contributed by atoms with Crippen molar-refractivity contribution < 1.29 is 4.74 Å². The Bertz CT molecular complexity index is 544. The minimum atomic E-state index is -0.247. The number of rotatable bonds is 2. The fraction of sp³-hybridized carbons (Fsp3) is 0.167. The van der Waals surface area contributed by atoms with E-state index in [1.165, 1.54) is 13.3 Å². The second-order valence-corrected chi connectivity index (χ2v) is 3.51. The van der Waals surface area contributed by atoms with E-state index in [-0.39, 0.29) is 5.56 Å². The van der Waals surface area contributed by atoms with E-state index in [4.69, 9.17) is 4.74 Å². The van der Waals surface area contributed by atoms with Gasteiger partial charge in [-0.15, -0.1) is 0 Å². The molecule has 0 amide bonds. The van der Waals surface area contributed by atoms with E-state index in [1.54, 1.807) is 0 Å². The molecule has 0 fully saturated rings. The number of aromatic amines is 1. The summed E-state index contributed by atoms with van der Waals surface area (Å²) in [7, 11) is 1.52. The standard InChI is InChI=1S/C12H12N2O2/c1-8-3-5-9(6-4-8)11-10(16-2)7-13-14-12(11)15/h3-7H,1-2H3,(H,14,15). The van der Waals surface area contributed by atoms with Gasteiger partial charge in [-0.3, -0.25) is 4.79 Å². The van der Waals surface area contributed by atoms with E-state index in [9.17, 15) is 4.79 Å². The second-order valence-electron chi connectivity index (χ2n) is 3.51. The van der Waals surface area contributed by atoms with Gasteiger partial charge in [0.25, 0.3) is 5.56 Å². The number of ether oxygens (including phenoxy) is 1. The minimum absolute atomic E-state index is 0.247. The summed E-state index contributed by atoms with van der Waals surface area (Å²) in [5, 5.41) is 6.10. The third-order valence-corrected chi connectivity index (χ3v) is 2.38. The molecule has 1 aromatic carbocycles. The van der Waals surface area contributed by atoms with E-state index >= 15 is 0 Å². The molecule has 0 saturated carbocycles. The highest BCUT2D eigenvalue weighted by Gasteiger charge is 2.10. The SMILES string of the molecule is COc1cn[nH]c(=O)c1-c1ccc(C)cc1. The molecule has 82 valence electrons. The molecule has 0 unspecified atom stereocenters. The number of aryl methyl sites for hydroxylation is 1. The predicted octanol–water partition coefficient (Wildman–Crippen LogP) is 1.75. The maximum absolute atomic E-state index is 11.7. The Labute approximate surface area is 92.9 Å². The fourth-order valence-electron chi connectivity index (χ4n) is 1.53. The first-order valence-electron chi connectivity index (χ1n) is 4.91. The van der Waals surface area contributed by atoms with Crippen LogP contribution in [0, 0.1) is 6.92 Å². The first-order valence-corrected chi connectivity index (χ1v) is 4.91. The highest BCUT2D eigenvalue weighted by Crippen LogP contribution is 2.24. The van der Waals surface area contributed by atoms with Gasteiger partial charge in [0.05, 0.1) is 18.9 Å². The summed E-state index contributed by atoms with van der Waals surface area (Å²) in [6, 6.07) is 7.69. The van der Waals surface area contributed by atoms with Crippen molar-refractivity contribution in [2.45, 2.75) is 6.92 Å². The highest BCUT2D eigenvalue weighted by molar-refractivity contribution is 5.68. The van der Waals surface area contributed by atoms with Crippen LogP contribution in [0.4, 0.5) is 0 Å². The summed E-state index contributed by atoms with van der Waals surface area (Å²) in [5.41, 5.74) is 2.24. The third-order valence-electron chi connectivity index (χ3n) is 2.38. The van der Waals surface area contributed by atoms with Gasteiger partial charge < -0.3 is 4.74 Å². The van der Waals surface area contributed by atoms with Crippen LogP contribution in [0.25, 0.3) is 11.1 Å². The molecule has 4 heteroatoms. The minimum Gasteiger partial charge on any atom is -0.494 e. The Kier molecular flexibility index (Phi) is 2.72. The lowest BCUT2D eigenvalue weighted by Crippen LogP contribution is -2.11. The van der Waals surface area contributed by atoms with Gasteiger partial charge in [-0.2, -0.15) is 5.10 Å². The zero-order chi connectivity index (χ0) is 11.5. The maximum atomic E-state index is 11.7. The average molecular weight is 216 g/mol. The molecule has 1 heterocycles. The molecule has 0 radical (unpaired) electrons. The van der Waals surface area contributed by atoms with E-state index in [1.807, 2.05) is 31.2 Å². The van der Waals surface area contributed by atoms with Crippen molar-refractivity contribution in [3.05, 3.63) is 46.4 Å². The predicted molar refractivity (Wildman–Crippen MR) is 61.6 cm³/mol. The van der Waals surface area contributed by atoms with Gasteiger partial charge in [-0.25, -0.2) is 5.10 Å². The topological polar surface area (TPSA) is 55.0 Å². The molecule has 4 nitrogen and oxygen atoms in total. The summed E-state index contributed by atoms with van der Waals surface area (Å²) in [6.45, 7) is 2.00. The quantitative estimate of drug-likeness (QED) is 0.832. The van der Waals surface area contributed by atoms with Crippen LogP contribution in [-0.2, 0) is 0 Å². The van der Waals surface area contributed by atoms with E-state index in [0.29, 0.717) is 11.3 Å². The Morgan fingerprint density at radius 2 is 1.94 bits per heavy atom. The van der Waals surface area contributed by atoms with Gasteiger partial charge in [-0.05, 0) is 12.5 Å². The summed E-state index contributed by atoms with van der Waals surface area (Å²) < 4.78 is 5.13. The van der Waals surface area contributed by atoms with Gasteiger partial charge in [0.1, 0.15) is 0 Å². The molecule has 0 bridgehead atoms. The van der Waals surface area contributed by atoms with Crippen LogP contribution < -0.4 is 10.3 Å². The van der Waals surface area contributed by atoms with Gasteiger partial charge in [0.15, 0.2) is 5.75 Å². The Morgan fingerprint density at radius 1 is 1.25 bits per heavy atom. The molecule has 0 aliphatic heterocycles. The summed E-state index contributed by atoms with van der Waals surface area (Å²) >= 11 is 0. The average Bonchev–Trinajstić information content (AvgIpc) is 2.30. The molecule has 0 spiro atoms. The zero-order valence-electron chi connectivity index (χ0n) is 9.15. The van der Waals surface area contributed by atoms with Crippen LogP contribution in [0.2, 0.25) is 0 Å². The van der Waals surface area contributed by atoms with E-state index < -0.39 is 0 Å². The molecular formula is C12H12N2O2. The van der Waals surface area contributed by atoms with Gasteiger partial charge in [0.2, 0.25) is 0 Å². The van der Waals surface area contributed by atoms with Crippen molar-refractivity contribution in [1.29, 1.82) is 0 Å². The summed E-state index contributed by atoms with van der Waals surface area (Å²) in [6.07, 6.45) is 1.50. The first kappa shape index (κ1) is 10.4. The lowest BCUT2D eigenvalue weighted by Gasteiger charge is -2.06. The van der Waals surface area contributed by atoms with Crippen LogP contribution in [0.15, 0.2) is 35.3 Å². The van der Waals surface area contributed by atoms with Crippen LogP contribution in [-0.4, -0.2) is 17.3 Å². The Hall–Kier alpha value is -2.10. The van der Waals surface area contributed by atoms with Gasteiger partial charge >= 0.3 is 0 Å². The normalized spacial score (nSPS) is 10.1. The van der Waals surface area contributed by atoms with Crippen molar-refractivity contribution in [3.63, 3.8) is 0 Å². The van der Waals surface area contributed by atoms with Crippen LogP contribution in [0.3, 0.4) is 0 Å². The Balaban J connectivity index is 2.63. The number of aromatic nitrogens is 2. The lowest BCUT2D eigenvalue weighted by atomic mass is 10.1. The number of benzene rings is 1. The smallest absolute Gasteiger partial charge is 0.275 e. The maximum Gasteiger partial charge on any atom is 0.275 e. The molecule has 2 rings (SSSR count). The van der Waals surface area contributed by atoms with Gasteiger partial charge in [-0.1, -0.05) is 29.8 Å². The molecule has 1 aromatic heterocycles.